The van der Waals surface area contributed by atoms with Crippen LogP contribution in [0.5, 0.6) is 0 Å². The number of hydrogen-bond donors (Lipinski definition) is 1. The van der Waals surface area contributed by atoms with Gasteiger partial charge in [-0.3, -0.25) is 4.79 Å². The first kappa shape index (κ1) is 13.1. The Kier molecular flexibility index (Phi) is 4.83. The molecule has 90 valence electrons. The van der Waals surface area contributed by atoms with Crippen LogP contribution in [0.1, 0.15) is 16.9 Å². The van der Waals surface area contributed by atoms with Gasteiger partial charge in [-0.1, -0.05) is 11.6 Å². The third-order valence-corrected chi connectivity index (χ3v) is 2.66. The molecule has 1 aromatic rings. The van der Waals surface area contributed by atoms with Crippen LogP contribution in [0.25, 0.3) is 0 Å². The van der Waals surface area contributed by atoms with Gasteiger partial charge in [-0.05, 0) is 26.1 Å². The molecule has 0 saturated heterocycles. The topological polar surface area (TPSA) is 37.3 Å². The Hall–Kier alpha value is -1.00. The Labute approximate surface area is 101 Å². The number of nitrogens with zero attached hydrogens (tertiary/aromatic N) is 2. The van der Waals surface area contributed by atoms with E-state index in [1.54, 1.807) is 28.8 Å². The molecule has 0 radical (unpaired) electrons. The van der Waals surface area contributed by atoms with Crippen LogP contribution in [-0.4, -0.2) is 42.6 Å². The second-order valence-corrected chi connectivity index (χ2v) is 4.27. The summed E-state index contributed by atoms with van der Waals surface area (Å²) in [4.78, 5) is 13.7. The molecular weight excluding hydrogens is 226 g/mol. The van der Waals surface area contributed by atoms with Gasteiger partial charge in [0.05, 0.1) is 5.02 Å². The van der Waals surface area contributed by atoms with Crippen LogP contribution in [0.15, 0.2) is 12.3 Å². The van der Waals surface area contributed by atoms with Crippen LogP contribution in [0.3, 0.4) is 0 Å². The lowest BCUT2D eigenvalue weighted by atomic mass is 10.3. The summed E-state index contributed by atoms with van der Waals surface area (Å²) in [6.07, 6.45) is 2.67. The van der Waals surface area contributed by atoms with Crippen LogP contribution >= 0.6 is 11.6 Å². The van der Waals surface area contributed by atoms with Gasteiger partial charge in [0.25, 0.3) is 5.91 Å². The number of halogens is 1. The summed E-state index contributed by atoms with van der Waals surface area (Å²) in [5.74, 6) is 0.00510. The van der Waals surface area contributed by atoms with Gasteiger partial charge >= 0.3 is 0 Å². The third-order valence-electron chi connectivity index (χ3n) is 2.46. The number of rotatable bonds is 5. The van der Waals surface area contributed by atoms with Crippen LogP contribution in [0.4, 0.5) is 0 Å². The normalized spacial score (nSPS) is 10.5. The van der Waals surface area contributed by atoms with Crippen molar-refractivity contribution in [3.8, 4) is 0 Å². The molecule has 16 heavy (non-hydrogen) atoms. The lowest BCUT2D eigenvalue weighted by Crippen LogP contribution is -2.30. The minimum absolute atomic E-state index is 0.00510. The molecule has 0 bridgehead atoms. The molecule has 1 amide bonds. The van der Waals surface area contributed by atoms with Crippen molar-refractivity contribution in [2.75, 3.05) is 27.2 Å². The fraction of sp³-hybridized carbons (Fsp3) is 0.545. The van der Waals surface area contributed by atoms with Gasteiger partial charge in [0.15, 0.2) is 0 Å². The molecule has 5 heteroatoms. The van der Waals surface area contributed by atoms with Crippen molar-refractivity contribution >= 4 is 17.5 Å². The zero-order valence-corrected chi connectivity index (χ0v) is 10.7. The summed E-state index contributed by atoms with van der Waals surface area (Å²) in [6, 6.07) is 1.69. The van der Waals surface area contributed by atoms with Gasteiger partial charge in [0.2, 0.25) is 0 Å². The second kappa shape index (κ2) is 5.92. The SMILES string of the molecule is CNCCCN(C)C(=O)c1cc(Cl)cn1C. The summed E-state index contributed by atoms with van der Waals surface area (Å²) in [5, 5.41) is 3.65. The highest BCUT2D eigenvalue weighted by atomic mass is 35.5. The van der Waals surface area contributed by atoms with Crippen LogP contribution < -0.4 is 5.32 Å². The highest BCUT2D eigenvalue weighted by Crippen LogP contribution is 2.14. The van der Waals surface area contributed by atoms with Crippen molar-refractivity contribution in [3.05, 3.63) is 23.0 Å². The van der Waals surface area contributed by atoms with Crippen molar-refractivity contribution in [2.45, 2.75) is 6.42 Å². The number of hydrogen-bond acceptors (Lipinski definition) is 2. The molecule has 0 aliphatic carbocycles. The van der Waals surface area contributed by atoms with E-state index in [9.17, 15) is 4.79 Å². The molecule has 0 aliphatic rings. The smallest absolute Gasteiger partial charge is 0.270 e. The largest absolute Gasteiger partial charge is 0.345 e. The fourth-order valence-corrected chi connectivity index (χ4v) is 1.78. The molecular formula is C11H18ClN3O. The van der Waals surface area contributed by atoms with E-state index in [0.29, 0.717) is 10.7 Å². The fourth-order valence-electron chi connectivity index (χ4n) is 1.53. The van der Waals surface area contributed by atoms with Crippen molar-refractivity contribution in [1.29, 1.82) is 0 Å². The number of carbonyl (C=O) groups excluding carboxylic acids is 1. The maximum Gasteiger partial charge on any atom is 0.270 e. The Balaban J connectivity index is 2.60. The zero-order valence-electron chi connectivity index (χ0n) is 9.96. The van der Waals surface area contributed by atoms with E-state index in [-0.39, 0.29) is 5.91 Å². The number of aromatic nitrogens is 1. The first-order valence-corrected chi connectivity index (χ1v) is 5.66. The predicted molar refractivity (Wildman–Crippen MR) is 65.9 cm³/mol. The first-order chi connectivity index (χ1) is 7.56. The van der Waals surface area contributed by atoms with Gasteiger partial charge in [0.1, 0.15) is 5.69 Å². The van der Waals surface area contributed by atoms with E-state index in [1.807, 2.05) is 14.1 Å². The standard InChI is InChI=1S/C11H18ClN3O/c1-13-5-4-6-14(2)11(16)10-7-9(12)8-15(10)3/h7-8,13H,4-6H2,1-3H3. The molecule has 0 atom stereocenters. The highest BCUT2D eigenvalue weighted by Gasteiger charge is 2.15. The van der Waals surface area contributed by atoms with Crippen LogP contribution in [0.2, 0.25) is 5.02 Å². The van der Waals surface area contributed by atoms with Gasteiger partial charge in [-0.25, -0.2) is 0 Å². The van der Waals surface area contributed by atoms with E-state index in [1.165, 1.54) is 0 Å². The quantitative estimate of drug-likeness (QED) is 0.793. The minimum Gasteiger partial charge on any atom is -0.345 e. The Morgan fingerprint density at radius 1 is 1.62 bits per heavy atom. The lowest BCUT2D eigenvalue weighted by molar-refractivity contribution is 0.0784. The Morgan fingerprint density at radius 3 is 2.81 bits per heavy atom. The highest BCUT2D eigenvalue weighted by molar-refractivity contribution is 6.31. The van der Waals surface area contributed by atoms with Crippen LogP contribution in [0, 0.1) is 0 Å². The number of aryl methyl sites for hydroxylation is 1. The van der Waals surface area contributed by atoms with E-state index in [2.05, 4.69) is 5.32 Å². The van der Waals surface area contributed by atoms with Crippen molar-refractivity contribution < 1.29 is 4.79 Å². The lowest BCUT2D eigenvalue weighted by Gasteiger charge is -2.17. The zero-order chi connectivity index (χ0) is 12.1. The molecule has 0 aliphatic heterocycles. The van der Waals surface area contributed by atoms with Gasteiger partial charge in [0, 0.05) is 26.8 Å². The number of nitrogens with one attached hydrogen (secondary N) is 1. The summed E-state index contributed by atoms with van der Waals surface area (Å²) < 4.78 is 1.75. The predicted octanol–water partition coefficient (Wildman–Crippen LogP) is 1.36. The number of amides is 1. The second-order valence-electron chi connectivity index (χ2n) is 3.84. The summed E-state index contributed by atoms with van der Waals surface area (Å²) in [7, 11) is 5.53. The van der Waals surface area contributed by atoms with Gasteiger partial charge in [-0.15, -0.1) is 0 Å². The summed E-state index contributed by atoms with van der Waals surface area (Å²) >= 11 is 5.84. The average molecular weight is 244 g/mol. The van der Waals surface area contributed by atoms with E-state index < -0.39 is 0 Å². The summed E-state index contributed by atoms with van der Waals surface area (Å²) in [5.41, 5.74) is 0.622. The van der Waals surface area contributed by atoms with E-state index in [4.69, 9.17) is 11.6 Å². The van der Waals surface area contributed by atoms with Gasteiger partial charge < -0.3 is 14.8 Å². The molecule has 1 heterocycles. The maximum atomic E-state index is 12.0. The van der Waals surface area contributed by atoms with Crippen molar-refractivity contribution in [1.82, 2.24) is 14.8 Å². The molecule has 0 unspecified atom stereocenters. The average Bonchev–Trinajstić information content (AvgIpc) is 2.57. The molecule has 0 fully saturated rings. The molecule has 0 spiro atoms. The molecule has 1 N–H and O–H groups in total. The molecule has 0 aromatic carbocycles. The maximum absolute atomic E-state index is 12.0. The molecule has 1 aromatic heterocycles. The van der Waals surface area contributed by atoms with Crippen molar-refractivity contribution in [3.63, 3.8) is 0 Å². The molecule has 4 nitrogen and oxygen atoms in total. The summed E-state index contributed by atoms with van der Waals surface area (Å²) in [6.45, 7) is 1.65. The Morgan fingerprint density at radius 2 is 2.31 bits per heavy atom. The first-order valence-electron chi connectivity index (χ1n) is 5.28. The number of carbonyl (C=O) groups is 1. The van der Waals surface area contributed by atoms with E-state index in [0.717, 1.165) is 19.5 Å². The minimum atomic E-state index is 0.00510. The molecule has 0 saturated carbocycles. The van der Waals surface area contributed by atoms with Gasteiger partial charge in [-0.2, -0.15) is 0 Å². The van der Waals surface area contributed by atoms with Crippen LogP contribution in [-0.2, 0) is 7.05 Å². The molecule has 1 rings (SSSR count). The Bertz CT molecular complexity index is 362. The third kappa shape index (κ3) is 3.25. The van der Waals surface area contributed by atoms with E-state index >= 15 is 0 Å². The monoisotopic (exact) mass is 243 g/mol. The van der Waals surface area contributed by atoms with Crippen molar-refractivity contribution in [2.24, 2.45) is 7.05 Å².